The number of rotatable bonds is 1. The topological polar surface area (TPSA) is 64.6 Å². The SMILES string of the molecule is O=C(O)C1=C2C=c3ccccc3=C2N2NCCC2N1. The van der Waals surface area contributed by atoms with Crippen molar-refractivity contribution in [3.05, 3.63) is 46.0 Å². The fourth-order valence-electron chi connectivity index (χ4n) is 3.01. The maximum Gasteiger partial charge on any atom is 0.352 e. The Balaban J connectivity index is 2.07. The average molecular weight is 255 g/mol. The van der Waals surface area contributed by atoms with Crippen molar-refractivity contribution in [2.45, 2.75) is 12.6 Å². The standard InChI is InChI=1S/C14H13N3O2/c18-14(19)12-10-7-8-3-1-2-4-9(8)13(10)17-11(16-12)5-6-15-17/h1-4,7,11,15-16H,5-6H2,(H,18,19). The quantitative estimate of drug-likeness (QED) is 0.605. The van der Waals surface area contributed by atoms with Crippen LogP contribution in [-0.2, 0) is 4.79 Å². The van der Waals surface area contributed by atoms with Crippen molar-refractivity contribution in [1.82, 2.24) is 15.8 Å². The van der Waals surface area contributed by atoms with Crippen molar-refractivity contribution in [1.29, 1.82) is 0 Å². The van der Waals surface area contributed by atoms with Gasteiger partial charge in [-0.2, -0.15) is 0 Å². The molecule has 1 aliphatic carbocycles. The molecule has 1 fully saturated rings. The largest absolute Gasteiger partial charge is 0.477 e. The summed E-state index contributed by atoms with van der Waals surface area (Å²) in [6.07, 6.45) is 2.84. The predicted octanol–water partition coefficient (Wildman–Crippen LogP) is -0.933. The van der Waals surface area contributed by atoms with Crippen LogP contribution in [0.2, 0.25) is 0 Å². The number of carboxylic acids is 1. The van der Waals surface area contributed by atoms with Crippen LogP contribution >= 0.6 is 0 Å². The molecule has 4 rings (SSSR count). The normalized spacial score (nSPS) is 23.5. The third-order valence-corrected chi connectivity index (χ3v) is 3.82. The van der Waals surface area contributed by atoms with Gasteiger partial charge in [-0.25, -0.2) is 10.2 Å². The summed E-state index contributed by atoms with van der Waals surface area (Å²) in [5.41, 5.74) is 5.36. The van der Waals surface area contributed by atoms with Gasteiger partial charge < -0.3 is 10.4 Å². The summed E-state index contributed by atoms with van der Waals surface area (Å²) in [7, 11) is 0. The molecule has 0 saturated carbocycles. The molecule has 1 saturated heterocycles. The second-order valence-corrected chi connectivity index (χ2v) is 4.90. The molecular formula is C14H13N3O2. The average Bonchev–Trinajstić information content (AvgIpc) is 3.00. The molecule has 96 valence electrons. The van der Waals surface area contributed by atoms with E-state index in [4.69, 9.17) is 0 Å². The van der Waals surface area contributed by atoms with Crippen molar-refractivity contribution in [2.24, 2.45) is 0 Å². The summed E-state index contributed by atoms with van der Waals surface area (Å²) in [6.45, 7) is 0.851. The summed E-state index contributed by atoms with van der Waals surface area (Å²) in [5.74, 6) is -0.900. The van der Waals surface area contributed by atoms with E-state index in [1.165, 1.54) is 0 Å². The summed E-state index contributed by atoms with van der Waals surface area (Å²) in [4.78, 5) is 11.4. The van der Waals surface area contributed by atoms with Gasteiger partial charge in [0.2, 0.25) is 0 Å². The molecule has 3 N–H and O–H groups in total. The number of carbonyl (C=O) groups is 1. The highest BCUT2D eigenvalue weighted by atomic mass is 16.4. The minimum absolute atomic E-state index is 0.0180. The van der Waals surface area contributed by atoms with E-state index in [9.17, 15) is 9.90 Å². The predicted molar refractivity (Wildman–Crippen MR) is 69.6 cm³/mol. The maximum absolute atomic E-state index is 11.4. The van der Waals surface area contributed by atoms with E-state index >= 15 is 0 Å². The second-order valence-electron chi connectivity index (χ2n) is 4.90. The van der Waals surface area contributed by atoms with Gasteiger partial charge in [-0.1, -0.05) is 24.3 Å². The molecule has 1 aromatic carbocycles. The van der Waals surface area contributed by atoms with Gasteiger partial charge >= 0.3 is 5.97 Å². The summed E-state index contributed by atoms with van der Waals surface area (Å²) in [5, 5.41) is 16.7. The van der Waals surface area contributed by atoms with Gasteiger partial charge in [0.1, 0.15) is 11.9 Å². The summed E-state index contributed by atoms with van der Waals surface area (Å²) >= 11 is 0. The van der Waals surface area contributed by atoms with Crippen LogP contribution in [0.25, 0.3) is 11.8 Å². The van der Waals surface area contributed by atoms with Gasteiger partial charge in [0.15, 0.2) is 0 Å². The molecule has 1 aromatic rings. The highest BCUT2D eigenvalue weighted by Crippen LogP contribution is 2.30. The molecule has 5 nitrogen and oxygen atoms in total. The molecule has 0 amide bonds. The van der Waals surface area contributed by atoms with E-state index in [1.807, 2.05) is 30.3 Å². The lowest BCUT2D eigenvalue weighted by Gasteiger charge is -2.34. The minimum Gasteiger partial charge on any atom is -0.477 e. The highest BCUT2D eigenvalue weighted by Gasteiger charge is 2.37. The number of nitrogens with zero attached hydrogens (tertiary/aromatic N) is 1. The van der Waals surface area contributed by atoms with Crippen molar-refractivity contribution >= 4 is 17.7 Å². The zero-order valence-electron chi connectivity index (χ0n) is 10.2. The Morgan fingerprint density at radius 1 is 1.37 bits per heavy atom. The number of aliphatic carboxylic acids is 1. The van der Waals surface area contributed by atoms with Crippen LogP contribution < -0.4 is 21.2 Å². The molecule has 2 aliphatic heterocycles. The molecule has 0 radical (unpaired) electrons. The molecule has 0 spiro atoms. The Labute approximate surface area is 109 Å². The molecular weight excluding hydrogens is 242 g/mol. The molecule has 19 heavy (non-hydrogen) atoms. The zero-order chi connectivity index (χ0) is 13.0. The van der Waals surface area contributed by atoms with Crippen molar-refractivity contribution in [3.8, 4) is 0 Å². The van der Waals surface area contributed by atoms with E-state index in [2.05, 4.69) is 15.8 Å². The van der Waals surface area contributed by atoms with Crippen LogP contribution in [-0.4, -0.2) is 28.8 Å². The molecule has 0 bridgehead atoms. The number of hydrazine groups is 1. The Morgan fingerprint density at radius 3 is 3.05 bits per heavy atom. The Bertz CT molecular complexity index is 735. The second kappa shape index (κ2) is 3.61. The van der Waals surface area contributed by atoms with Crippen LogP contribution in [0.1, 0.15) is 6.42 Å². The van der Waals surface area contributed by atoms with Gasteiger partial charge in [0, 0.05) is 23.8 Å². The fourth-order valence-corrected chi connectivity index (χ4v) is 3.01. The number of hydrogen-bond acceptors (Lipinski definition) is 4. The fraction of sp³-hybridized carbons (Fsp3) is 0.214. The smallest absolute Gasteiger partial charge is 0.352 e. The van der Waals surface area contributed by atoms with Crippen molar-refractivity contribution in [3.63, 3.8) is 0 Å². The number of fused-ring (bicyclic) bond motifs is 4. The van der Waals surface area contributed by atoms with Crippen LogP contribution in [0, 0.1) is 0 Å². The third kappa shape index (κ3) is 1.36. The number of carboxylic acid groups (broad SMARTS) is 1. The lowest BCUT2D eigenvalue weighted by molar-refractivity contribution is -0.133. The lowest BCUT2D eigenvalue weighted by Crippen LogP contribution is -2.50. The Morgan fingerprint density at radius 2 is 2.21 bits per heavy atom. The van der Waals surface area contributed by atoms with Gasteiger partial charge in [-0.3, -0.25) is 5.01 Å². The van der Waals surface area contributed by atoms with Crippen LogP contribution in [0.3, 0.4) is 0 Å². The molecule has 2 heterocycles. The number of hydrogen-bond donors (Lipinski definition) is 3. The van der Waals surface area contributed by atoms with E-state index in [-0.39, 0.29) is 6.17 Å². The van der Waals surface area contributed by atoms with Crippen molar-refractivity contribution in [2.75, 3.05) is 6.54 Å². The number of nitrogens with one attached hydrogen (secondary N) is 2. The first-order valence-corrected chi connectivity index (χ1v) is 6.34. The molecule has 5 heteroatoms. The minimum atomic E-state index is -0.900. The van der Waals surface area contributed by atoms with E-state index in [0.29, 0.717) is 5.70 Å². The first-order chi connectivity index (χ1) is 9.25. The number of benzene rings is 1. The molecule has 1 unspecified atom stereocenters. The van der Waals surface area contributed by atoms with E-state index in [0.717, 1.165) is 34.7 Å². The van der Waals surface area contributed by atoms with Gasteiger partial charge in [-0.15, -0.1) is 0 Å². The Hall–Kier alpha value is -2.27. The molecule has 1 atom stereocenters. The first kappa shape index (κ1) is 10.6. The third-order valence-electron chi connectivity index (χ3n) is 3.82. The monoisotopic (exact) mass is 255 g/mol. The summed E-state index contributed by atoms with van der Waals surface area (Å²) < 4.78 is 0. The van der Waals surface area contributed by atoms with Crippen LogP contribution in [0.15, 0.2) is 35.5 Å². The lowest BCUT2D eigenvalue weighted by atomic mass is 10.1. The van der Waals surface area contributed by atoms with E-state index in [1.54, 1.807) is 0 Å². The van der Waals surface area contributed by atoms with Crippen LogP contribution in [0.5, 0.6) is 0 Å². The van der Waals surface area contributed by atoms with Crippen LogP contribution in [0.4, 0.5) is 0 Å². The maximum atomic E-state index is 11.4. The van der Waals surface area contributed by atoms with Gasteiger partial charge in [0.25, 0.3) is 0 Å². The Kier molecular flexibility index (Phi) is 2.02. The summed E-state index contributed by atoms with van der Waals surface area (Å²) in [6, 6.07) is 8.00. The first-order valence-electron chi connectivity index (χ1n) is 6.34. The van der Waals surface area contributed by atoms with Crippen molar-refractivity contribution < 1.29 is 9.90 Å². The molecule has 3 aliphatic rings. The highest BCUT2D eigenvalue weighted by molar-refractivity contribution is 5.97. The molecule has 0 aromatic heterocycles. The van der Waals surface area contributed by atoms with E-state index < -0.39 is 5.97 Å². The van der Waals surface area contributed by atoms with Gasteiger partial charge in [-0.05, 0) is 11.3 Å². The van der Waals surface area contributed by atoms with Gasteiger partial charge in [0.05, 0.1) is 5.70 Å². The zero-order valence-corrected chi connectivity index (χ0v) is 10.2.